The highest BCUT2D eigenvalue weighted by Gasteiger charge is 2.20. The van der Waals surface area contributed by atoms with E-state index >= 15 is 0 Å². The van der Waals surface area contributed by atoms with Crippen LogP contribution >= 0.6 is 0 Å². The summed E-state index contributed by atoms with van der Waals surface area (Å²) in [7, 11) is 0. The Kier molecular flexibility index (Phi) is 3.24. The molecule has 1 fully saturated rings. The molecule has 1 aliphatic rings. The first-order valence-corrected chi connectivity index (χ1v) is 5.91. The normalized spacial score (nSPS) is 25.5. The van der Waals surface area contributed by atoms with E-state index in [9.17, 15) is 0 Å². The molecule has 2 nitrogen and oxygen atoms in total. The summed E-state index contributed by atoms with van der Waals surface area (Å²) in [6, 6.07) is 4.09. The average Bonchev–Trinajstić information content (AvgIpc) is 2.63. The van der Waals surface area contributed by atoms with Gasteiger partial charge in [-0.05, 0) is 43.2 Å². The Labute approximate surface area is 92.1 Å². The number of aryl methyl sites for hydroxylation is 1. The predicted molar refractivity (Wildman–Crippen MR) is 64.0 cm³/mol. The highest BCUT2D eigenvalue weighted by atomic mass is 15.0. The van der Waals surface area contributed by atoms with E-state index in [0.29, 0.717) is 0 Å². The van der Waals surface area contributed by atoms with Gasteiger partial charge in [0.1, 0.15) is 5.82 Å². The van der Waals surface area contributed by atoms with Crippen LogP contribution in [-0.4, -0.2) is 11.5 Å². The Hall–Kier alpha value is -1.05. The quantitative estimate of drug-likeness (QED) is 0.817. The second-order valence-electron chi connectivity index (χ2n) is 4.83. The molecule has 1 aromatic heterocycles. The first kappa shape index (κ1) is 10.5. The third-order valence-electron chi connectivity index (χ3n) is 3.37. The molecule has 1 saturated carbocycles. The molecule has 2 atom stereocenters. The number of hydrogen-bond donors (Lipinski definition) is 1. The lowest BCUT2D eigenvalue weighted by atomic mass is 10.1. The maximum atomic E-state index is 4.35. The summed E-state index contributed by atoms with van der Waals surface area (Å²) >= 11 is 0. The molecule has 2 heteroatoms. The van der Waals surface area contributed by atoms with Crippen molar-refractivity contribution in [3.63, 3.8) is 0 Å². The zero-order valence-corrected chi connectivity index (χ0v) is 9.66. The molecule has 1 N–H and O–H groups in total. The van der Waals surface area contributed by atoms with Crippen molar-refractivity contribution in [1.82, 2.24) is 4.98 Å². The molecule has 0 aliphatic heterocycles. The molecule has 15 heavy (non-hydrogen) atoms. The van der Waals surface area contributed by atoms with E-state index in [4.69, 9.17) is 0 Å². The third kappa shape index (κ3) is 2.71. The summed E-state index contributed by atoms with van der Waals surface area (Å²) in [6.45, 7) is 5.54. The molecule has 0 amide bonds. The van der Waals surface area contributed by atoms with E-state index in [-0.39, 0.29) is 0 Å². The number of anilines is 1. The number of aromatic nitrogens is 1. The van der Waals surface area contributed by atoms with Gasteiger partial charge in [0.15, 0.2) is 0 Å². The molecule has 82 valence electrons. The molecule has 2 rings (SSSR count). The lowest BCUT2D eigenvalue weighted by Gasteiger charge is -2.12. The number of nitrogens with zero attached hydrogens (tertiary/aromatic N) is 1. The van der Waals surface area contributed by atoms with E-state index < -0.39 is 0 Å². The highest BCUT2D eigenvalue weighted by Crippen LogP contribution is 2.30. The fourth-order valence-electron chi connectivity index (χ4n) is 2.42. The largest absolute Gasteiger partial charge is 0.370 e. The van der Waals surface area contributed by atoms with Gasteiger partial charge in [-0.2, -0.15) is 0 Å². The van der Waals surface area contributed by atoms with Crippen LogP contribution in [0.15, 0.2) is 18.3 Å². The molecule has 0 saturated heterocycles. The fraction of sp³-hybridized carbons (Fsp3) is 0.615. The molecule has 0 radical (unpaired) electrons. The Balaban J connectivity index is 1.86. The topological polar surface area (TPSA) is 24.9 Å². The van der Waals surface area contributed by atoms with Gasteiger partial charge in [0.2, 0.25) is 0 Å². The van der Waals surface area contributed by atoms with Crippen molar-refractivity contribution >= 4 is 5.82 Å². The lowest BCUT2D eigenvalue weighted by Crippen LogP contribution is -2.13. The molecule has 0 aromatic carbocycles. The minimum Gasteiger partial charge on any atom is -0.370 e. The summed E-state index contributed by atoms with van der Waals surface area (Å²) < 4.78 is 0. The Morgan fingerprint density at radius 2 is 2.33 bits per heavy atom. The maximum Gasteiger partial charge on any atom is 0.128 e. The first-order chi connectivity index (χ1) is 7.25. The van der Waals surface area contributed by atoms with Gasteiger partial charge in [0.25, 0.3) is 0 Å². The summed E-state index contributed by atoms with van der Waals surface area (Å²) in [5, 5.41) is 3.46. The summed E-state index contributed by atoms with van der Waals surface area (Å²) in [5.41, 5.74) is 1.24. The molecule has 1 aliphatic carbocycles. The van der Waals surface area contributed by atoms with Gasteiger partial charge in [0, 0.05) is 12.7 Å². The van der Waals surface area contributed by atoms with Crippen LogP contribution in [0.4, 0.5) is 5.82 Å². The SMILES string of the molecule is Cc1cccnc1NCC1CCC(C)C1. The van der Waals surface area contributed by atoms with Gasteiger partial charge in [0.05, 0.1) is 0 Å². The maximum absolute atomic E-state index is 4.35. The summed E-state index contributed by atoms with van der Waals surface area (Å²) in [5.74, 6) is 2.82. The van der Waals surface area contributed by atoms with E-state index in [1.54, 1.807) is 0 Å². The van der Waals surface area contributed by atoms with Crippen LogP contribution in [-0.2, 0) is 0 Å². The predicted octanol–water partition coefficient (Wildman–Crippen LogP) is 3.24. The van der Waals surface area contributed by atoms with Crippen LogP contribution in [0, 0.1) is 18.8 Å². The zero-order valence-electron chi connectivity index (χ0n) is 9.66. The third-order valence-corrected chi connectivity index (χ3v) is 3.37. The van der Waals surface area contributed by atoms with Crippen molar-refractivity contribution < 1.29 is 0 Å². The molecule has 2 unspecified atom stereocenters. The number of hydrogen-bond acceptors (Lipinski definition) is 2. The number of pyridine rings is 1. The number of rotatable bonds is 3. The fourth-order valence-corrected chi connectivity index (χ4v) is 2.42. The van der Waals surface area contributed by atoms with E-state index in [1.165, 1.54) is 24.8 Å². The van der Waals surface area contributed by atoms with Gasteiger partial charge < -0.3 is 5.32 Å². The van der Waals surface area contributed by atoms with Crippen LogP contribution in [0.2, 0.25) is 0 Å². The molecule has 0 spiro atoms. The molecular weight excluding hydrogens is 184 g/mol. The van der Waals surface area contributed by atoms with Crippen molar-refractivity contribution in [2.45, 2.75) is 33.1 Å². The van der Waals surface area contributed by atoms with Gasteiger partial charge >= 0.3 is 0 Å². The van der Waals surface area contributed by atoms with Crippen molar-refractivity contribution in [2.75, 3.05) is 11.9 Å². The first-order valence-electron chi connectivity index (χ1n) is 5.91. The van der Waals surface area contributed by atoms with Crippen molar-refractivity contribution in [3.8, 4) is 0 Å². The second kappa shape index (κ2) is 4.65. The number of nitrogens with one attached hydrogen (secondary N) is 1. The Morgan fingerprint density at radius 3 is 3.00 bits per heavy atom. The molecule has 1 aromatic rings. The zero-order chi connectivity index (χ0) is 10.7. The van der Waals surface area contributed by atoms with E-state index in [0.717, 1.165) is 24.2 Å². The molecule has 0 bridgehead atoms. The van der Waals surface area contributed by atoms with Crippen LogP contribution < -0.4 is 5.32 Å². The summed E-state index contributed by atoms with van der Waals surface area (Å²) in [6.07, 6.45) is 6.00. The highest BCUT2D eigenvalue weighted by molar-refractivity contribution is 5.42. The molecule has 1 heterocycles. The van der Waals surface area contributed by atoms with E-state index in [1.807, 2.05) is 12.3 Å². The minimum absolute atomic E-state index is 0.849. The summed E-state index contributed by atoms with van der Waals surface area (Å²) in [4.78, 5) is 4.35. The second-order valence-corrected chi connectivity index (χ2v) is 4.83. The monoisotopic (exact) mass is 204 g/mol. The van der Waals surface area contributed by atoms with Crippen molar-refractivity contribution in [1.29, 1.82) is 0 Å². The van der Waals surface area contributed by atoms with Gasteiger partial charge in [-0.25, -0.2) is 4.98 Å². The van der Waals surface area contributed by atoms with Gasteiger partial charge in [-0.3, -0.25) is 0 Å². The van der Waals surface area contributed by atoms with Crippen LogP contribution in [0.1, 0.15) is 31.7 Å². The van der Waals surface area contributed by atoms with Crippen molar-refractivity contribution in [3.05, 3.63) is 23.9 Å². The van der Waals surface area contributed by atoms with Crippen LogP contribution in [0.5, 0.6) is 0 Å². The lowest BCUT2D eigenvalue weighted by molar-refractivity contribution is 0.536. The average molecular weight is 204 g/mol. The Morgan fingerprint density at radius 1 is 1.47 bits per heavy atom. The van der Waals surface area contributed by atoms with Gasteiger partial charge in [-0.1, -0.05) is 19.4 Å². The standard InChI is InChI=1S/C13H20N2/c1-10-5-6-12(8-10)9-15-13-11(2)4-3-7-14-13/h3-4,7,10,12H,5-6,8-9H2,1-2H3,(H,14,15). The van der Waals surface area contributed by atoms with Crippen molar-refractivity contribution in [2.24, 2.45) is 11.8 Å². The molecular formula is C13H20N2. The van der Waals surface area contributed by atoms with Gasteiger partial charge in [-0.15, -0.1) is 0 Å². The Bertz CT molecular complexity index is 322. The minimum atomic E-state index is 0.849. The smallest absolute Gasteiger partial charge is 0.128 e. The van der Waals surface area contributed by atoms with Crippen LogP contribution in [0.25, 0.3) is 0 Å². The van der Waals surface area contributed by atoms with E-state index in [2.05, 4.69) is 30.2 Å². The van der Waals surface area contributed by atoms with Crippen LogP contribution in [0.3, 0.4) is 0 Å².